The molecule has 0 unspecified atom stereocenters. The van der Waals surface area contributed by atoms with Gasteiger partial charge in [0, 0.05) is 13.1 Å². The molecule has 2 aromatic rings. The second-order valence-corrected chi connectivity index (χ2v) is 6.34. The Morgan fingerprint density at radius 1 is 1.07 bits per heavy atom. The van der Waals surface area contributed by atoms with Crippen molar-refractivity contribution in [3.8, 4) is 5.75 Å². The number of carbonyl (C=O) groups is 2. The third-order valence-electron chi connectivity index (χ3n) is 4.27. The summed E-state index contributed by atoms with van der Waals surface area (Å²) in [6.07, 6.45) is 0. The molecule has 1 aliphatic rings. The highest BCUT2D eigenvalue weighted by atomic mass is 16.5. The quantitative estimate of drug-likeness (QED) is 0.733. The van der Waals surface area contributed by atoms with Crippen molar-refractivity contribution in [1.29, 1.82) is 0 Å². The largest absolute Gasteiger partial charge is 0.488 e. The number of rotatable bonds is 6. The number of hydrogen-bond donors (Lipinski definition) is 0. The number of benzene rings is 2. The number of nitrogens with zero attached hydrogens (tertiary/aromatic N) is 1. The molecule has 0 spiro atoms. The normalized spacial score (nSPS) is 13.9. The molecule has 142 valence electrons. The summed E-state index contributed by atoms with van der Waals surface area (Å²) in [4.78, 5) is 26.2. The maximum absolute atomic E-state index is 12.4. The van der Waals surface area contributed by atoms with Crippen LogP contribution in [0.15, 0.2) is 48.5 Å². The lowest BCUT2D eigenvalue weighted by Gasteiger charge is -2.26. The van der Waals surface area contributed by atoms with Gasteiger partial charge < -0.3 is 19.1 Å². The topological polar surface area (TPSA) is 65.1 Å². The SMILES string of the molecule is Cc1cccc(COc2ccccc2C(=O)OCC(=O)N2CCOCC2)c1. The molecule has 1 amide bonds. The second-order valence-electron chi connectivity index (χ2n) is 6.34. The van der Waals surface area contributed by atoms with Crippen molar-refractivity contribution in [2.24, 2.45) is 0 Å². The van der Waals surface area contributed by atoms with E-state index in [-0.39, 0.29) is 12.5 Å². The third-order valence-corrected chi connectivity index (χ3v) is 4.27. The highest BCUT2D eigenvalue weighted by molar-refractivity contribution is 5.94. The lowest BCUT2D eigenvalue weighted by Crippen LogP contribution is -2.42. The summed E-state index contributed by atoms with van der Waals surface area (Å²) in [5.74, 6) is -0.357. The number of aryl methyl sites for hydroxylation is 1. The zero-order chi connectivity index (χ0) is 19.1. The van der Waals surface area contributed by atoms with Crippen molar-refractivity contribution in [1.82, 2.24) is 4.90 Å². The number of ether oxygens (including phenoxy) is 3. The molecule has 3 rings (SSSR count). The monoisotopic (exact) mass is 369 g/mol. The van der Waals surface area contributed by atoms with Crippen LogP contribution < -0.4 is 4.74 Å². The molecule has 27 heavy (non-hydrogen) atoms. The Morgan fingerprint density at radius 3 is 2.63 bits per heavy atom. The molecule has 0 aromatic heterocycles. The standard InChI is InChI=1S/C21H23NO5/c1-16-5-4-6-17(13-16)14-26-19-8-3-2-7-18(19)21(24)27-15-20(23)22-9-11-25-12-10-22/h2-8,13H,9-12,14-15H2,1H3. The van der Waals surface area contributed by atoms with Crippen molar-refractivity contribution in [2.75, 3.05) is 32.9 Å². The van der Waals surface area contributed by atoms with Crippen LogP contribution in [0.1, 0.15) is 21.5 Å². The Morgan fingerprint density at radius 2 is 1.85 bits per heavy atom. The van der Waals surface area contributed by atoms with Crippen LogP contribution in [0.25, 0.3) is 0 Å². The van der Waals surface area contributed by atoms with Gasteiger partial charge in [-0.25, -0.2) is 4.79 Å². The summed E-state index contributed by atoms with van der Waals surface area (Å²) >= 11 is 0. The van der Waals surface area contributed by atoms with E-state index < -0.39 is 5.97 Å². The first-order valence-electron chi connectivity index (χ1n) is 8.93. The Hall–Kier alpha value is -2.86. The van der Waals surface area contributed by atoms with Crippen LogP contribution in [0.5, 0.6) is 5.75 Å². The Balaban J connectivity index is 1.58. The average molecular weight is 369 g/mol. The van der Waals surface area contributed by atoms with Crippen LogP contribution in [-0.2, 0) is 20.9 Å². The van der Waals surface area contributed by atoms with Gasteiger partial charge in [-0.15, -0.1) is 0 Å². The van der Waals surface area contributed by atoms with Crippen LogP contribution in [0, 0.1) is 6.92 Å². The molecule has 1 fully saturated rings. The summed E-state index contributed by atoms with van der Waals surface area (Å²) in [5.41, 5.74) is 2.46. The Kier molecular flexibility index (Phi) is 6.44. The average Bonchev–Trinajstić information content (AvgIpc) is 2.71. The van der Waals surface area contributed by atoms with Gasteiger partial charge in [0.15, 0.2) is 6.61 Å². The number of para-hydroxylation sites is 1. The predicted molar refractivity (Wildman–Crippen MR) is 99.6 cm³/mol. The van der Waals surface area contributed by atoms with E-state index in [1.807, 2.05) is 31.2 Å². The second kappa shape index (κ2) is 9.19. The number of esters is 1. The first-order valence-corrected chi connectivity index (χ1v) is 8.93. The van der Waals surface area contributed by atoms with E-state index >= 15 is 0 Å². The number of carbonyl (C=O) groups excluding carboxylic acids is 2. The molecule has 0 saturated carbocycles. The third kappa shape index (κ3) is 5.31. The smallest absolute Gasteiger partial charge is 0.342 e. The lowest BCUT2D eigenvalue weighted by molar-refractivity contribution is -0.138. The molecule has 0 radical (unpaired) electrons. The fourth-order valence-electron chi connectivity index (χ4n) is 2.83. The highest BCUT2D eigenvalue weighted by Gasteiger charge is 2.20. The van der Waals surface area contributed by atoms with Crippen molar-refractivity contribution >= 4 is 11.9 Å². The van der Waals surface area contributed by atoms with Gasteiger partial charge in [0.25, 0.3) is 5.91 Å². The molecule has 1 saturated heterocycles. The van der Waals surface area contributed by atoms with Crippen molar-refractivity contribution in [2.45, 2.75) is 13.5 Å². The molecule has 1 aliphatic heterocycles. The lowest BCUT2D eigenvalue weighted by atomic mass is 10.1. The molecule has 0 bridgehead atoms. The summed E-state index contributed by atoms with van der Waals surface area (Å²) in [5, 5.41) is 0. The van der Waals surface area contributed by atoms with Crippen LogP contribution in [0.4, 0.5) is 0 Å². The highest BCUT2D eigenvalue weighted by Crippen LogP contribution is 2.20. The summed E-state index contributed by atoms with van der Waals surface area (Å²) < 4.78 is 16.2. The fraction of sp³-hybridized carbons (Fsp3) is 0.333. The van der Waals surface area contributed by atoms with Gasteiger partial charge in [0.05, 0.1) is 13.2 Å². The zero-order valence-corrected chi connectivity index (χ0v) is 15.3. The molecule has 6 nitrogen and oxygen atoms in total. The van der Waals surface area contributed by atoms with Crippen LogP contribution >= 0.6 is 0 Å². The van der Waals surface area contributed by atoms with Gasteiger partial charge in [0.2, 0.25) is 0 Å². The van der Waals surface area contributed by atoms with Gasteiger partial charge in [-0.05, 0) is 24.6 Å². The molecule has 0 N–H and O–H groups in total. The minimum Gasteiger partial charge on any atom is -0.488 e. The zero-order valence-electron chi connectivity index (χ0n) is 15.3. The Bertz CT molecular complexity index is 799. The molecule has 2 aromatic carbocycles. The first-order chi connectivity index (χ1) is 13.1. The summed E-state index contributed by atoms with van der Waals surface area (Å²) in [6.45, 7) is 4.13. The van der Waals surface area contributed by atoms with Crippen LogP contribution in [-0.4, -0.2) is 49.7 Å². The van der Waals surface area contributed by atoms with Crippen LogP contribution in [0.2, 0.25) is 0 Å². The van der Waals surface area contributed by atoms with E-state index in [2.05, 4.69) is 0 Å². The van der Waals surface area contributed by atoms with Gasteiger partial charge in [0.1, 0.15) is 17.9 Å². The van der Waals surface area contributed by atoms with E-state index in [1.54, 1.807) is 29.2 Å². The summed E-state index contributed by atoms with van der Waals surface area (Å²) in [6, 6.07) is 14.9. The van der Waals surface area contributed by atoms with E-state index in [1.165, 1.54) is 0 Å². The summed E-state index contributed by atoms with van der Waals surface area (Å²) in [7, 11) is 0. The number of morpholine rings is 1. The maximum atomic E-state index is 12.4. The molecular formula is C21H23NO5. The Labute approximate surface area is 158 Å². The fourth-order valence-corrected chi connectivity index (χ4v) is 2.83. The van der Waals surface area contributed by atoms with E-state index in [0.717, 1.165) is 11.1 Å². The first kappa shape index (κ1) is 18.9. The van der Waals surface area contributed by atoms with Gasteiger partial charge in [-0.3, -0.25) is 4.79 Å². The minimum absolute atomic E-state index is 0.218. The van der Waals surface area contributed by atoms with Crippen molar-refractivity contribution in [3.05, 3.63) is 65.2 Å². The molecule has 0 atom stereocenters. The van der Waals surface area contributed by atoms with Crippen molar-refractivity contribution in [3.63, 3.8) is 0 Å². The number of hydrogen-bond acceptors (Lipinski definition) is 5. The van der Waals surface area contributed by atoms with E-state index in [9.17, 15) is 9.59 Å². The molecule has 1 heterocycles. The predicted octanol–water partition coefficient (Wildman–Crippen LogP) is 2.59. The van der Waals surface area contributed by atoms with Crippen molar-refractivity contribution < 1.29 is 23.8 Å². The molecule has 0 aliphatic carbocycles. The molecule has 6 heteroatoms. The maximum Gasteiger partial charge on any atom is 0.342 e. The van der Waals surface area contributed by atoms with Crippen LogP contribution in [0.3, 0.4) is 0 Å². The van der Waals surface area contributed by atoms with Gasteiger partial charge in [-0.1, -0.05) is 42.0 Å². The van der Waals surface area contributed by atoms with Gasteiger partial charge in [-0.2, -0.15) is 0 Å². The number of amides is 1. The minimum atomic E-state index is -0.573. The van der Waals surface area contributed by atoms with E-state index in [4.69, 9.17) is 14.2 Å². The van der Waals surface area contributed by atoms with E-state index in [0.29, 0.717) is 44.2 Å². The molecular weight excluding hydrogens is 346 g/mol. The van der Waals surface area contributed by atoms with Gasteiger partial charge >= 0.3 is 5.97 Å².